The summed E-state index contributed by atoms with van der Waals surface area (Å²) in [6.07, 6.45) is 11.6. The molecular weight excluding hydrogens is 158 g/mol. The molecule has 1 nitrogen and oxygen atoms in total. The molecular formula is C12H25N. The van der Waals surface area contributed by atoms with Gasteiger partial charge in [-0.05, 0) is 38.3 Å². The van der Waals surface area contributed by atoms with Crippen molar-refractivity contribution >= 4 is 0 Å². The van der Waals surface area contributed by atoms with E-state index < -0.39 is 0 Å². The van der Waals surface area contributed by atoms with E-state index in [0.29, 0.717) is 0 Å². The summed E-state index contributed by atoms with van der Waals surface area (Å²) in [6.45, 7) is 4.67. The summed E-state index contributed by atoms with van der Waals surface area (Å²) in [7, 11) is 0. The number of hydrogen-bond acceptors (Lipinski definition) is 1. The number of rotatable bonds is 6. The van der Waals surface area contributed by atoms with Crippen molar-refractivity contribution in [3.63, 3.8) is 0 Å². The van der Waals surface area contributed by atoms with Gasteiger partial charge < -0.3 is 5.32 Å². The Morgan fingerprint density at radius 1 is 1.08 bits per heavy atom. The maximum absolute atomic E-state index is 3.47. The zero-order chi connectivity index (χ0) is 9.36. The van der Waals surface area contributed by atoms with E-state index in [1.807, 2.05) is 0 Å². The van der Waals surface area contributed by atoms with Gasteiger partial charge in [-0.1, -0.05) is 39.0 Å². The molecule has 1 saturated carbocycles. The highest BCUT2D eigenvalue weighted by Crippen LogP contribution is 2.26. The molecule has 0 spiro atoms. The predicted molar refractivity (Wildman–Crippen MR) is 59.0 cm³/mol. The molecule has 1 heteroatoms. The molecule has 0 saturated heterocycles. The van der Waals surface area contributed by atoms with Crippen LogP contribution in [-0.4, -0.2) is 13.1 Å². The fourth-order valence-corrected chi connectivity index (χ4v) is 2.29. The van der Waals surface area contributed by atoms with Gasteiger partial charge in [0.2, 0.25) is 0 Å². The van der Waals surface area contributed by atoms with Crippen molar-refractivity contribution in [2.45, 2.75) is 58.3 Å². The van der Waals surface area contributed by atoms with Crippen LogP contribution in [0.4, 0.5) is 0 Å². The SMILES string of the molecule is CCCNCCCC1CCCCC1. The van der Waals surface area contributed by atoms with Crippen molar-refractivity contribution in [1.82, 2.24) is 5.32 Å². The molecule has 1 aliphatic rings. The van der Waals surface area contributed by atoms with Crippen LogP contribution in [0.25, 0.3) is 0 Å². The zero-order valence-corrected chi connectivity index (χ0v) is 9.15. The molecule has 0 atom stereocenters. The first-order valence-electron chi connectivity index (χ1n) is 6.14. The van der Waals surface area contributed by atoms with E-state index in [1.54, 1.807) is 0 Å². The molecule has 13 heavy (non-hydrogen) atoms. The van der Waals surface area contributed by atoms with Gasteiger partial charge >= 0.3 is 0 Å². The van der Waals surface area contributed by atoms with E-state index in [0.717, 1.165) is 5.92 Å². The Morgan fingerprint density at radius 3 is 2.54 bits per heavy atom. The Labute approximate surface area is 83.3 Å². The Balaban J connectivity index is 1.86. The lowest BCUT2D eigenvalue weighted by molar-refractivity contribution is 0.330. The van der Waals surface area contributed by atoms with Crippen LogP contribution in [0.1, 0.15) is 58.3 Å². The van der Waals surface area contributed by atoms with Crippen LogP contribution in [0, 0.1) is 5.92 Å². The highest BCUT2D eigenvalue weighted by molar-refractivity contribution is 4.66. The van der Waals surface area contributed by atoms with Crippen molar-refractivity contribution in [3.05, 3.63) is 0 Å². The molecule has 0 aliphatic heterocycles. The summed E-state index contributed by atoms with van der Waals surface area (Å²) >= 11 is 0. The lowest BCUT2D eigenvalue weighted by Gasteiger charge is -2.21. The Kier molecular flexibility index (Phi) is 6.26. The average molecular weight is 183 g/mol. The van der Waals surface area contributed by atoms with Gasteiger partial charge in [-0.25, -0.2) is 0 Å². The quantitative estimate of drug-likeness (QED) is 0.623. The summed E-state index contributed by atoms with van der Waals surface area (Å²) in [5.74, 6) is 1.07. The Morgan fingerprint density at radius 2 is 1.85 bits per heavy atom. The Bertz CT molecular complexity index is 106. The van der Waals surface area contributed by atoms with Gasteiger partial charge in [-0.15, -0.1) is 0 Å². The summed E-state index contributed by atoms with van der Waals surface area (Å²) < 4.78 is 0. The predicted octanol–water partition coefficient (Wildman–Crippen LogP) is 3.35. The van der Waals surface area contributed by atoms with Crippen LogP contribution in [0.15, 0.2) is 0 Å². The van der Waals surface area contributed by atoms with Gasteiger partial charge in [0.25, 0.3) is 0 Å². The second-order valence-corrected chi connectivity index (χ2v) is 4.40. The summed E-state index contributed by atoms with van der Waals surface area (Å²) in [5.41, 5.74) is 0. The van der Waals surface area contributed by atoms with Gasteiger partial charge in [0, 0.05) is 0 Å². The molecule has 1 fully saturated rings. The lowest BCUT2D eigenvalue weighted by atomic mass is 9.86. The molecule has 1 N–H and O–H groups in total. The van der Waals surface area contributed by atoms with Crippen LogP contribution < -0.4 is 5.32 Å². The molecule has 0 aromatic rings. The maximum atomic E-state index is 3.47. The topological polar surface area (TPSA) is 12.0 Å². The van der Waals surface area contributed by atoms with Crippen molar-refractivity contribution in [3.8, 4) is 0 Å². The smallest absolute Gasteiger partial charge is 0.00488 e. The lowest BCUT2D eigenvalue weighted by Crippen LogP contribution is -2.17. The van der Waals surface area contributed by atoms with Crippen LogP contribution in [0.2, 0.25) is 0 Å². The zero-order valence-electron chi connectivity index (χ0n) is 9.15. The van der Waals surface area contributed by atoms with E-state index in [1.165, 1.54) is 64.5 Å². The minimum atomic E-state index is 1.07. The number of hydrogen-bond donors (Lipinski definition) is 1. The van der Waals surface area contributed by atoms with Crippen molar-refractivity contribution in [2.75, 3.05) is 13.1 Å². The van der Waals surface area contributed by atoms with Gasteiger partial charge in [-0.2, -0.15) is 0 Å². The second kappa shape index (κ2) is 7.37. The molecule has 0 bridgehead atoms. The minimum Gasteiger partial charge on any atom is -0.317 e. The van der Waals surface area contributed by atoms with E-state index >= 15 is 0 Å². The maximum Gasteiger partial charge on any atom is -0.00488 e. The fraction of sp³-hybridized carbons (Fsp3) is 1.00. The first-order valence-corrected chi connectivity index (χ1v) is 6.14. The molecule has 0 aromatic carbocycles. The van der Waals surface area contributed by atoms with E-state index in [4.69, 9.17) is 0 Å². The molecule has 0 amide bonds. The van der Waals surface area contributed by atoms with E-state index in [-0.39, 0.29) is 0 Å². The molecule has 1 aliphatic carbocycles. The average Bonchev–Trinajstić information content (AvgIpc) is 2.19. The second-order valence-electron chi connectivity index (χ2n) is 4.40. The molecule has 1 rings (SSSR count). The summed E-state index contributed by atoms with van der Waals surface area (Å²) in [6, 6.07) is 0. The van der Waals surface area contributed by atoms with Gasteiger partial charge in [0.05, 0.1) is 0 Å². The summed E-state index contributed by atoms with van der Waals surface area (Å²) in [5, 5.41) is 3.47. The molecule has 0 radical (unpaired) electrons. The minimum absolute atomic E-state index is 1.07. The standard InChI is InChI=1S/C12H25N/c1-2-10-13-11-6-9-12-7-4-3-5-8-12/h12-13H,2-11H2,1H3. The summed E-state index contributed by atoms with van der Waals surface area (Å²) in [4.78, 5) is 0. The van der Waals surface area contributed by atoms with Crippen LogP contribution >= 0.6 is 0 Å². The third-order valence-corrected chi connectivity index (χ3v) is 3.12. The normalized spacial score (nSPS) is 19.2. The van der Waals surface area contributed by atoms with Crippen molar-refractivity contribution < 1.29 is 0 Å². The van der Waals surface area contributed by atoms with Crippen LogP contribution in [-0.2, 0) is 0 Å². The highest BCUT2D eigenvalue weighted by atomic mass is 14.8. The van der Waals surface area contributed by atoms with E-state index in [2.05, 4.69) is 12.2 Å². The monoisotopic (exact) mass is 183 g/mol. The fourth-order valence-electron chi connectivity index (χ4n) is 2.29. The van der Waals surface area contributed by atoms with Crippen molar-refractivity contribution in [1.29, 1.82) is 0 Å². The molecule has 0 aromatic heterocycles. The highest BCUT2D eigenvalue weighted by Gasteiger charge is 2.12. The first kappa shape index (κ1) is 11.0. The molecule has 0 unspecified atom stereocenters. The van der Waals surface area contributed by atoms with Gasteiger partial charge in [0.15, 0.2) is 0 Å². The molecule has 0 heterocycles. The van der Waals surface area contributed by atoms with Crippen LogP contribution in [0.5, 0.6) is 0 Å². The molecule has 78 valence electrons. The number of nitrogens with one attached hydrogen (secondary N) is 1. The first-order chi connectivity index (χ1) is 6.43. The van der Waals surface area contributed by atoms with Gasteiger partial charge in [0.1, 0.15) is 0 Å². The van der Waals surface area contributed by atoms with Crippen LogP contribution in [0.3, 0.4) is 0 Å². The third-order valence-electron chi connectivity index (χ3n) is 3.12. The third kappa shape index (κ3) is 5.30. The van der Waals surface area contributed by atoms with Crippen molar-refractivity contribution in [2.24, 2.45) is 5.92 Å². The largest absolute Gasteiger partial charge is 0.317 e. The van der Waals surface area contributed by atoms with Gasteiger partial charge in [-0.3, -0.25) is 0 Å². The Hall–Kier alpha value is -0.0400. The van der Waals surface area contributed by atoms with E-state index in [9.17, 15) is 0 Å².